The van der Waals surface area contributed by atoms with Crippen LogP contribution in [-0.4, -0.2) is 4.57 Å². The first-order chi connectivity index (χ1) is 9.63. The van der Waals surface area contributed by atoms with Crippen molar-refractivity contribution < 1.29 is 0 Å². The molecule has 102 valence electrons. The van der Waals surface area contributed by atoms with E-state index in [9.17, 15) is 4.79 Å². The topological polar surface area (TPSA) is 45.8 Å². The molecular formula is C17H18N2O. The zero-order valence-electron chi connectivity index (χ0n) is 11.9. The highest BCUT2D eigenvalue weighted by atomic mass is 16.1. The van der Waals surface area contributed by atoms with Crippen LogP contribution >= 0.6 is 0 Å². The van der Waals surface area contributed by atoms with Gasteiger partial charge in [0.1, 0.15) is 11.6 Å². The second-order valence-corrected chi connectivity index (χ2v) is 5.00. The van der Waals surface area contributed by atoms with Crippen LogP contribution < -0.4 is 5.56 Å². The molecule has 0 amide bonds. The van der Waals surface area contributed by atoms with Crippen molar-refractivity contribution in [3.05, 3.63) is 69.1 Å². The summed E-state index contributed by atoms with van der Waals surface area (Å²) in [6.07, 6.45) is 1.82. The van der Waals surface area contributed by atoms with Crippen molar-refractivity contribution in [2.75, 3.05) is 0 Å². The molecule has 1 aromatic heterocycles. The quantitative estimate of drug-likeness (QED) is 0.854. The Morgan fingerprint density at radius 2 is 1.90 bits per heavy atom. The molecule has 0 aliphatic carbocycles. The van der Waals surface area contributed by atoms with Gasteiger partial charge in [0, 0.05) is 12.2 Å². The molecule has 0 fully saturated rings. The van der Waals surface area contributed by atoms with Crippen molar-refractivity contribution in [2.45, 2.75) is 33.2 Å². The van der Waals surface area contributed by atoms with Crippen LogP contribution in [0.2, 0.25) is 0 Å². The summed E-state index contributed by atoms with van der Waals surface area (Å²) in [7, 11) is 0. The van der Waals surface area contributed by atoms with Crippen LogP contribution in [0, 0.1) is 25.2 Å². The van der Waals surface area contributed by atoms with Crippen molar-refractivity contribution in [2.24, 2.45) is 0 Å². The van der Waals surface area contributed by atoms with Gasteiger partial charge in [0.15, 0.2) is 0 Å². The van der Waals surface area contributed by atoms with Crippen LogP contribution in [0.1, 0.15) is 28.8 Å². The average Bonchev–Trinajstić information content (AvgIpc) is 2.44. The van der Waals surface area contributed by atoms with Crippen LogP contribution in [0.25, 0.3) is 0 Å². The van der Waals surface area contributed by atoms with Gasteiger partial charge in [0.05, 0.1) is 0 Å². The number of aryl methyl sites for hydroxylation is 3. The third-order valence-corrected chi connectivity index (χ3v) is 3.51. The minimum absolute atomic E-state index is 0.168. The maximum atomic E-state index is 12.2. The average molecular weight is 266 g/mol. The Morgan fingerprint density at radius 1 is 1.20 bits per heavy atom. The zero-order chi connectivity index (χ0) is 14.5. The van der Waals surface area contributed by atoms with Gasteiger partial charge in [-0.05, 0) is 43.9 Å². The van der Waals surface area contributed by atoms with Crippen LogP contribution in [-0.2, 0) is 13.0 Å². The minimum atomic E-state index is -0.168. The summed E-state index contributed by atoms with van der Waals surface area (Å²) in [5.41, 5.74) is 3.04. The molecule has 0 bridgehead atoms. The van der Waals surface area contributed by atoms with Crippen LogP contribution in [0.5, 0.6) is 0 Å². The first-order valence-corrected chi connectivity index (χ1v) is 6.78. The lowest BCUT2D eigenvalue weighted by Gasteiger charge is -2.11. The predicted molar refractivity (Wildman–Crippen MR) is 79.7 cm³/mol. The molecule has 0 radical (unpaired) electrons. The highest BCUT2D eigenvalue weighted by Crippen LogP contribution is 2.08. The lowest BCUT2D eigenvalue weighted by molar-refractivity contribution is 0.605. The molecule has 0 N–H and O–H groups in total. The van der Waals surface area contributed by atoms with Gasteiger partial charge in [-0.15, -0.1) is 0 Å². The van der Waals surface area contributed by atoms with E-state index in [0.29, 0.717) is 6.54 Å². The molecule has 3 nitrogen and oxygen atoms in total. The maximum Gasteiger partial charge on any atom is 0.268 e. The van der Waals surface area contributed by atoms with E-state index < -0.39 is 0 Å². The molecule has 1 heterocycles. The standard InChI is InChI=1S/C17H18N2O/c1-13-11-14(2)19(17(20)16(13)12-18)10-6-9-15-7-4-3-5-8-15/h3-5,7-8,11H,6,9-10H2,1-2H3. The largest absolute Gasteiger partial charge is 0.312 e. The molecule has 2 rings (SSSR count). The number of hydrogen-bond acceptors (Lipinski definition) is 2. The normalized spacial score (nSPS) is 10.2. The van der Waals surface area contributed by atoms with Gasteiger partial charge in [0.25, 0.3) is 5.56 Å². The Labute approximate surface area is 119 Å². The van der Waals surface area contributed by atoms with Crippen LogP contribution in [0.15, 0.2) is 41.2 Å². The molecule has 0 saturated carbocycles. The third-order valence-electron chi connectivity index (χ3n) is 3.51. The molecule has 0 unspecified atom stereocenters. The Balaban J connectivity index is 2.15. The van der Waals surface area contributed by atoms with Crippen LogP contribution in [0.3, 0.4) is 0 Å². The third kappa shape index (κ3) is 2.97. The summed E-state index contributed by atoms with van der Waals surface area (Å²) in [5.74, 6) is 0. The van der Waals surface area contributed by atoms with Crippen molar-refractivity contribution in [3.63, 3.8) is 0 Å². The number of pyridine rings is 1. The smallest absolute Gasteiger partial charge is 0.268 e. The first kappa shape index (κ1) is 14.1. The summed E-state index contributed by atoms with van der Waals surface area (Å²) in [4.78, 5) is 12.2. The molecule has 20 heavy (non-hydrogen) atoms. The number of benzene rings is 1. The molecule has 0 saturated heterocycles. The monoisotopic (exact) mass is 266 g/mol. The molecule has 0 aliphatic heterocycles. The SMILES string of the molecule is Cc1cc(C)n(CCCc2ccccc2)c(=O)c1C#N. The highest BCUT2D eigenvalue weighted by Gasteiger charge is 2.09. The number of rotatable bonds is 4. The Morgan fingerprint density at radius 3 is 2.55 bits per heavy atom. The summed E-state index contributed by atoms with van der Waals surface area (Å²) in [6, 6.07) is 14.1. The van der Waals surface area contributed by atoms with Crippen molar-refractivity contribution >= 4 is 0 Å². The second-order valence-electron chi connectivity index (χ2n) is 5.00. The van der Waals surface area contributed by atoms with Crippen molar-refractivity contribution in [1.82, 2.24) is 4.57 Å². The van der Waals surface area contributed by atoms with E-state index in [-0.39, 0.29) is 11.1 Å². The maximum absolute atomic E-state index is 12.2. The summed E-state index contributed by atoms with van der Waals surface area (Å²) in [5, 5.41) is 9.05. The molecule has 1 aromatic carbocycles. The highest BCUT2D eigenvalue weighted by molar-refractivity contribution is 5.36. The number of nitrogens with zero attached hydrogens (tertiary/aromatic N) is 2. The molecule has 0 atom stereocenters. The van der Waals surface area contributed by atoms with Gasteiger partial charge in [0.2, 0.25) is 0 Å². The van der Waals surface area contributed by atoms with E-state index >= 15 is 0 Å². The van der Waals surface area contributed by atoms with E-state index in [1.807, 2.05) is 37.3 Å². The zero-order valence-corrected chi connectivity index (χ0v) is 11.9. The Kier molecular flexibility index (Phi) is 4.37. The summed E-state index contributed by atoms with van der Waals surface area (Å²) >= 11 is 0. The molecule has 3 heteroatoms. The lowest BCUT2D eigenvalue weighted by atomic mass is 10.1. The number of hydrogen-bond donors (Lipinski definition) is 0. The van der Waals surface area contributed by atoms with Crippen molar-refractivity contribution in [1.29, 1.82) is 5.26 Å². The molecule has 0 aliphatic rings. The minimum Gasteiger partial charge on any atom is -0.312 e. The fourth-order valence-corrected chi connectivity index (χ4v) is 2.43. The second kappa shape index (κ2) is 6.21. The molecule has 0 spiro atoms. The predicted octanol–water partition coefficient (Wildman–Crippen LogP) is 2.97. The van der Waals surface area contributed by atoms with E-state index in [0.717, 1.165) is 24.1 Å². The number of nitriles is 1. The first-order valence-electron chi connectivity index (χ1n) is 6.78. The summed E-state index contributed by atoms with van der Waals surface area (Å²) in [6.45, 7) is 4.37. The molecular weight excluding hydrogens is 248 g/mol. The lowest BCUT2D eigenvalue weighted by Crippen LogP contribution is -2.26. The van der Waals surface area contributed by atoms with Gasteiger partial charge in [-0.2, -0.15) is 5.26 Å². The van der Waals surface area contributed by atoms with E-state index in [1.165, 1.54) is 5.56 Å². The fraction of sp³-hybridized carbons (Fsp3) is 0.294. The van der Waals surface area contributed by atoms with E-state index in [4.69, 9.17) is 5.26 Å². The number of aromatic nitrogens is 1. The van der Waals surface area contributed by atoms with Gasteiger partial charge in [-0.25, -0.2) is 0 Å². The van der Waals surface area contributed by atoms with Crippen molar-refractivity contribution in [3.8, 4) is 6.07 Å². The van der Waals surface area contributed by atoms with Crippen LogP contribution in [0.4, 0.5) is 0 Å². The molecule has 2 aromatic rings. The van der Waals surface area contributed by atoms with E-state index in [2.05, 4.69) is 12.1 Å². The Bertz CT molecular complexity index is 693. The Hall–Kier alpha value is -2.34. The fourth-order valence-electron chi connectivity index (χ4n) is 2.43. The summed E-state index contributed by atoms with van der Waals surface area (Å²) < 4.78 is 1.70. The van der Waals surface area contributed by atoms with Gasteiger partial charge >= 0.3 is 0 Å². The van der Waals surface area contributed by atoms with E-state index in [1.54, 1.807) is 11.5 Å². The van der Waals surface area contributed by atoms with Gasteiger partial charge in [-0.3, -0.25) is 4.79 Å². The van der Waals surface area contributed by atoms with Gasteiger partial charge < -0.3 is 4.57 Å². The van der Waals surface area contributed by atoms with Gasteiger partial charge in [-0.1, -0.05) is 30.3 Å².